The molecule has 5 heteroatoms. The molecule has 1 aromatic heterocycles. The summed E-state index contributed by atoms with van der Waals surface area (Å²) in [5.74, 6) is 0.912. The van der Waals surface area contributed by atoms with Crippen molar-refractivity contribution in [2.75, 3.05) is 18.0 Å². The van der Waals surface area contributed by atoms with Gasteiger partial charge in [-0.15, -0.1) is 0 Å². The first kappa shape index (κ1) is 11.3. The minimum atomic E-state index is 0.357. The van der Waals surface area contributed by atoms with E-state index in [0.717, 1.165) is 24.5 Å². The van der Waals surface area contributed by atoms with Crippen LogP contribution in [0.1, 0.15) is 19.4 Å². The Morgan fingerprint density at radius 3 is 2.80 bits per heavy atom. The highest BCUT2D eigenvalue weighted by molar-refractivity contribution is 5.46. The summed E-state index contributed by atoms with van der Waals surface area (Å²) in [6, 6.07) is 3.80. The van der Waals surface area contributed by atoms with Gasteiger partial charge in [-0.1, -0.05) is 11.2 Å². The topological polar surface area (TPSA) is 64.9 Å². The van der Waals surface area contributed by atoms with Crippen LogP contribution in [0.15, 0.2) is 23.4 Å². The van der Waals surface area contributed by atoms with Crippen LogP contribution in [0.4, 0.5) is 5.82 Å². The van der Waals surface area contributed by atoms with Crippen molar-refractivity contribution in [3.8, 4) is 0 Å². The number of anilines is 1. The van der Waals surface area contributed by atoms with Gasteiger partial charge in [-0.05, 0) is 25.4 Å². The maximum Gasteiger partial charge on any atom is 0.131 e. The van der Waals surface area contributed by atoms with Crippen LogP contribution in [0.5, 0.6) is 0 Å². The van der Waals surface area contributed by atoms with Crippen molar-refractivity contribution in [3.05, 3.63) is 34.3 Å². The Morgan fingerprint density at radius 1 is 1.47 bits per heavy atom. The molecule has 0 spiro atoms. The molecule has 1 aromatic rings. The summed E-state index contributed by atoms with van der Waals surface area (Å²) in [7, 11) is 0. The van der Waals surface area contributed by atoms with Crippen LogP contribution in [0.2, 0.25) is 0 Å². The third-order valence-corrected chi connectivity index (χ3v) is 2.23. The van der Waals surface area contributed by atoms with E-state index in [4.69, 9.17) is 5.53 Å². The molecule has 5 nitrogen and oxygen atoms in total. The lowest BCUT2D eigenvalue weighted by atomic mass is 10.2. The Labute approximate surface area is 89.4 Å². The average molecular weight is 205 g/mol. The summed E-state index contributed by atoms with van der Waals surface area (Å²) in [4.78, 5) is 9.22. The molecule has 80 valence electrons. The molecule has 0 aliphatic carbocycles. The van der Waals surface area contributed by atoms with Crippen LogP contribution in [-0.2, 0) is 6.54 Å². The summed E-state index contributed by atoms with van der Waals surface area (Å²) in [5.41, 5.74) is 9.27. The molecule has 0 unspecified atom stereocenters. The first-order valence-corrected chi connectivity index (χ1v) is 5.03. The van der Waals surface area contributed by atoms with Gasteiger partial charge in [0.2, 0.25) is 0 Å². The van der Waals surface area contributed by atoms with E-state index in [9.17, 15) is 0 Å². The van der Waals surface area contributed by atoms with Crippen LogP contribution in [0.25, 0.3) is 10.4 Å². The predicted octanol–water partition coefficient (Wildman–Crippen LogP) is 2.74. The fraction of sp³-hybridized carbons (Fsp3) is 0.500. The molecule has 0 aliphatic rings. The van der Waals surface area contributed by atoms with Crippen molar-refractivity contribution in [1.82, 2.24) is 4.98 Å². The number of hydrogen-bond acceptors (Lipinski definition) is 3. The van der Waals surface area contributed by atoms with Crippen LogP contribution in [0.3, 0.4) is 0 Å². The molecule has 0 saturated heterocycles. The number of aromatic nitrogens is 1. The Morgan fingerprint density at radius 2 is 2.20 bits per heavy atom. The Bertz CT molecular complexity index is 353. The lowest BCUT2D eigenvalue weighted by molar-refractivity contribution is 0.830. The van der Waals surface area contributed by atoms with Crippen molar-refractivity contribution in [3.63, 3.8) is 0 Å². The molecule has 0 aromatic carbocycles. The van der Waals surface area contributed by atoms with Crippen LogP contribution >= 0.6 is 0 Å². The molecule has 0 atom stereocenters. The normalized spacial score (nSPS) is 9.47. The second kappa shape index (κ2) is 5.88. The molecule has 0 saturated carbocycles. The fourth-order valence-electron chi connectivity index (χ4n) is 1.47. The summed E-state index contributed by atoms with van der Waals surface area (Å²) in [6.45, 7) is 6.31. The zero-order valence-electron chi connectivity index (χ0n) is 9.09. The second-order valence-electron chi connectivity index (χ2n) is 3.05. The second-order valence-corrected chi connectivity index (χ2v) is 3.05. The molecule has 0 bridgehead atoms. The summed E-state index contributed by atoms with van der Waals surface area (Å²) < 4.78 is 0. The van der Waals surface area contributed by atoms with E-state index in [-0.39, 0.29) is 0 Å². The number of azide groups is 1. The van der Waals surface area contributed by atoms with Gasteiger partial charge in [-0.25, -0.2) is 4.98 Å². The van der Waals surface area contributed by atoms with Gasteiger partial charge in [0.1, 0.15) is 5.82 Å². The monoisotopic (exact) mass is 205 g/mol. The van der Waals surface area contributed by atoms with Crippen molar-refractivity contribution >= 4 is 5.82 Å². The smallest absolute Gasteiger partial charge is 0.131 e. The highest BCUT2D eigenvalue weighted by atomic mass is 15.2. The largest absolute Gasteiger partial charge is 0.357 e. The van der Waals surface area contributed by atoms with E-state index in [0.29, 0.717) is 6.54 Å². The van der Waals surface area contributed by atoms with E-state index >= 15 is 0 Å². The van der Waals surface area contributed by atoms with E-state index in [1.807, 2.05) is 12.1 Å². The lowest BCUT2D eigenvalue weighted by Gasteiger charge is -2.21. The molecule has 0 radical (unpaired) electrons. The average Bonchev–Trinajstić information content (AvgIpc) is 2.29. The molecule has 0 fully saturated rings. The van der Waals surface area contributed by atoms with Gasteiger partial charge >= 0.3 is 0 Å². The van der Waals surface area contributed by atoms with Crippen molar-refractivity contribution in [1.29, 1.82) is 0 Å². The lowest BCUT2D eigenvalue weighted by Crippen LogP contribution is -2.24. The highest BCUT2D eigenvalue weighted by Crippen LogP contribution is 2.17. The van der Waals surface area contributed by atoms with Gasteiger partial charge < -0.3 is 4.90 Å². The summed E-state index contributed by atoms with van der Waals surface area (Å²) in [5, 5.41) is 3.57. The van der Waals surface area contributed by atoms with Crippen LogP contribution in [0, 0.1) is 0 Å². The molecule has 1 heterocycles. The minimum Gasteiger partial charge on any atom is -0.357 e. The third kappa shape index (κ3) is 2.86. The third-order valence-electron chi connectivity index (χ3n) is 2.23. The zero-order valence-corrected chi connectivity index (χ0v) is 9.09. The maximum absolute atomic E-state index is 8.30. The van der Waals surface area contributed by atoms with Crippen molar-refractivity contribution < 1.29 is 0 Å². The first-order valence-electron chi connectivity index (χ1n) is 5.03. The predicted molar refractivity (Wildman–Crippen MR) is 60.6 cm³/mol. The van der Waals surface area contributed by atoms with Gasteiger partial charge in [0, 0.05) is 29.8 Å². The Hall–Kier alpha value is -1.74. The Balaban J connectivity index is 2.98. The molecule has 0 N–H and O–H groups in total. The van der Waals surface area contributed by atoms with E-state index in [1.165, 1.54) is 0 Å². The van der Waals surface area contributed by atoms with Gasteiger partial charge in [0.25, 0.3) is 0 Å². The molecule has 0 amide bonds. The van der Waals surface area contributed by atoms with E-state index < -0.39 is 0 Å². The van der Waals surface area contributed by atoms with Crippen LogP contribution in [-0.4, -0.2) is 18.1 Å². The number of nitrogens with zero attached hydrogens (tertiary/aromatic N) is 5. The standard InChI is InChI=1S/C10H15N5/c1-3-15(4-2)10-9(8-13-14-11)6-5-7-12-10/h5-7H,3-4,8H2,1-2H3. The van der Waals surface area contributed by atoms with Gasteiger partial charge in [0.05, 0.1) is 6.54 Å². The first-order chi connectivity index (χ1) is 7.33. The molecule has 0 aliphatic heterocycles. The van der Waals surface area contributed by atoms with Gasteiger partial charge in [-0.3, -0.25) is 0 Å². The molecule has 1 rings (SSSR count). The van der Waals surface area contributed by atoms with Crippen molar-refractivity contribution in [2.45, 2.75) is 20.4 Å². The quantitative estimate of drug-likeness (QED) is 0.421. The van der Waals surface area contributed by atoms with E-state index in [1.54, 1.807) is 6.20 Å². The fourth-order valence-corrected chi connectivity index (χ4v) is 1.47. The maximum atomic E-state index is 8.30. The van der Waals surface area contributed by atoms with Crippen LogP contribution < -0.4 is 4.90 Å². The molecular formula is C10H15N5. The number of pyridine rings is 1. The summed E-state index contributed by atoms with van der Waals surface area (Å²) in [6.07, 6.45) is 1.76. The summed E-state index contributed by atoms with van der Waals surface area (Å²) >= 11 is 0. The number of rotatable bonds is 5. The molecule has 15 heavy (non-hydrogen) atoms. The minimum absolute atomic E-state index is 0.357. The zero-order chi connectivity index (χ0) is 11.1. The number of hydrogen-bond donors (Lipinski definition) is 0. The Kier molecular flexibility index (Phi) is 4.44. The van der Waals surface area contributed by atoms with Gasteiger partial charge in [0.15, 0.2) is 0 Å². The van der Waals surface area contributed by atoms with E-state index in [2.05, 4.69) is 33.8 Å². The highest BCUT2D eigenvalue weighted by Gasteiger charge is 2.07. The van der Waals surface area contributed by atoms with Gasteiger partial charge in [-0.2, -0.15) is 0 Å². The van der Waals surface area contributed by atoms with Crippen molar-refractivity contribution in [2.24, 2.45) is 5.11 Å². The SMILES string of the molecule is CCN(CC)c1ncccc1CN=[N+]=[N-]. The molecular weight excluding hydrogens is 190 g/mol.